The van der Waals surface area contributed by atoms with Gasteiger partial charge in [-0.2, -0.15) is 0 Å². The zero-order valence-electron chi connectivity index (χ0n) is 21.5. The number of fused-ring (bicyclic) bond motifs is 1. The predicted molar refractivity (Wildman–Crippen MR) is 148 cm³/mol. The van der Waals surface area contributed by atoms with Gasteiger partial charge in [0.15, 0.2) is 0 Å². The number of nitrogens with zero attached hydrogens (tertiary/aromatic N) is 1. The molecule has 0 spiro atoms. The van der Waals surface area contributed by atoms with Gasteiger partial charge in [0, 0.05) is 35.8 Å². The third-order valence-electron chi connectivity index (χ3n) is 6.11. The van der Waals surface area contributed by atoms with Crippen LogP contribution in [-0.4, -0.2) is 36.9 Å². The Morgan fingerprint density at radius 3 is 2.54 bits per heavy atom. The molecule has 0 bridgehead atoms. The molecule has 2 aromatic carbocycles. The van der Waals surface area contributed by atoms with Crippen molar-refractivity contribution in [3.63, 3.8) is 0 Å². The summed E-state index contributed by atoms with van der Waals surface area (Å²) in [6, 6.07) is 14.9. The number of aromatic nitrogens is 2. The molecule has 11 heteroatoms. The van der Waals surface area contributed by atoms with Crippen LogP contribution in [0.2, 0.25) is 0 Å². The first kappa shape index (κ1) is 27.8. The van der Waals surface area contributed by atoms with Crippen LogP contribution in [0.4, 0.5) is 14.9 Å². The van der Waals surface area contributed by atoms with Crippen molar-refractivity contribution < 1.29 is 22.4 Å². The Bertz CT molecular complexity index is 1550. The van der Waals surface area contributed by atoms with Crippen LogP contribution in [0, 0.1) is 5.82 Å². The number of halogens is 1. The number of aryl methyl sites for hydroxylation is 1. The summed E-state index contributed by atoms with van der Waals surface area (Å²) >= 11 is 0. The molecule has 0 unspecified atom stereocenters. The number of carbonyl (C=O) groups is 2. The number of benzene rings is 2. The first-order valence-corrected chi connectivity index (χ1v) is 14.2. The smallest absolute Gasteiger partial charge is 0.328 e. The zero-order valence-corrected chi connectivity index (χ0v) is 22.3. The standard InChI is InChI=1S/C28H30FN5O4S/c1-2-3-16-31-28(36)34-39(37,38)21-13-11-20(12-14-21)32-26(35)9-6-7-22-23-18-19(29)10-15-24(23)33-27(22)25-8-4-5-17-30-25/h4-5,8,10-15,17-18,33H,2-3,6-7,9,16H2,1H3,(H,32,35)(H2,31,34,36). The lowest BCUT2D eigenvalue weighted by atomic mass is 10.0. The van der Waals surface area contributed by atoms with Crippen LogP contribution < -0.4 is 15.4 Å². The summed E-state index contributed by atoms with van der Waals surface area (Å²) in [5, 5.41) is 6.00. The van der Waals surface area contributed by atoms with Gasteiger partial charge in [-0.3, -0.25) is 9.78 Å². The van der Waals surface area contributed by atoms with Crippen molar-refractivity contribution in [1.82, 2.24) is 20.0 Å². The SMILES string of the molecule is CCCCNC(=O)NS(=O)(=O)c1ccc(NC(=O)CCCc2c(-c3ccccn3)[nH]c3ccc(F)cc23)cc1. The molecule has 204 valence electrons. The number of anilines is 1. The number of H-pyrrole nitrogens is 1. The number of hydrogen-bond acceptors (Lipinski definition) is 5. The van der Waals surface area contributed by atoms with Gasteiger partial charge in [-0.15, -0.1) is 0 Å². The van der Waals surface area contributed by atoms with E-state index < -0.39 is 16.1 Å². The van der Waals surface area contributed by atoms with Crippen LogP contribution in [0.25, 0.3) is 22.3 Å². The molecule has 2 heterocycles. The topological polar surface area (TPSA) is 133 Å². The highest BCUT2D eigenvalue weighted by Crippen LogP contribution is 2.31. The third kappa shape index (κ3) is 7.20. The van der Waals surface area contributed by atoms with Crippen molar-refractivity contribution in [2.45, 2.75) is 43.9 Å². The van der Waals surface area contributed by atoms with E-state index in [-0.39, 0.29) is 23.0 Å². The van der Waals surface area contributed by atoms with E-state index in [4.69, 9.17) is 0 Å². The number of nitrogens with one attached hydrogen (secondary N) is 4. The van der Waals surface area contributed by atoms with Crippen LogP contribution in [0.15, 0.2) is 71.8 Å². The van der Waals surface area contributed by atoms with Crippen molar-refractivity contribution in [3.05, 3.63) is 78.2 Å². The molecule has 0 aliphatic rings. The van der Waals surface area contributed by atoms with Crippen molar-refractivity contribution in [1.29, 1.82) is 0 Å². The van der Waals surface area contributed by atoms with Gasteiger partial charge in [0.25, 0.3) is 10.0 Å². The second-order valence-electron chi connectivity index (χ2n) is 9.02. The highest BCUT2D eigenvalue weighted by atomic mass is 32.2. The molecule has 4 aromatic rings. The van der Waals surface area contributed by atoms with E-state index in [1.165, 1.54) is 36.4 Å². The van der Waals surface area contributed by atoms with Gasteiger partial charge >= 0.3 is 6.03 Å². The second kappa shape index (κ2) is 12.5. The number of urea groups is 1. The minimum absolute atomic E-state index is 0.0974. The fraction of sp³-hybridized carbons (Fsp3) is 0.250. The average Bonchev–Trinajstić information content (AvgIpc) is 3.27. The molecule has 0 atom stereocenters. The van der Waals surface area contributed by atoms with Gasteiger partial charge < -0.3 is 15.6 Å². The Morgan fingerprint density at radius 2 is 1.82 bits per heavy atom. The van der Waals surface area contributed by atoms with Crippen molar-refractivity contribution in [2.75, 3.05) is 11.9 Å². The highest BCUT2D eigenvalue weighted by molar-refractivity contribution is 7.90. The lowest BCUT2D eigenvalue weighted by Crippen LogP contribution is -2.39. The summed E-state index contributed by atoms with van der Waals surface area (Å²) in [6.07, 6.45) is 4.52. The number of rotatable bonds is 11. The van der Waals surface area contributed by atoms with E-state index in [9.17, 15) is 22.4 Å². The van der Waals surface area contributed by atoms with Crippen LogP contribution >= 0.6 is 0 Å². The molecule has 39 heavy (non-hydrogen) atoms. The van der Waals surface area contributed by atoms with Crippen molar-refractivity contribution in [2.24, 2.45) is 0 Å². The summed E-state index contributed by atoms with van der Waals surface area (Å²) in [4.78, 5) is 32.0. The number of sulfonamides is 1. The van der Waals surface area contributed by atoms with E-state index in [0.29, 0.717) is 25.1 Å². The molecule has 0 radical (unpaired) electrons. The minimum atomic E-state index is -4.04. The number of aromatic amines is 1. The van der Waals surface area contributed by atoms with Gasteiger partial charge in [-0.05, 0) is 79.4 Å². The van der Waals surface area contributed by atoms with Crippen LogP contribution in [-0.2, 0) is 21.2 Å². The lowest BCUT2D eigenvalue weighted by molar-refractivity contribution is -0.116. The zero-order chi connectivity index (χ0) is 27.8. The highest BCUT2D eigenvalue weighted by Gasteiger charge is 2.18. The quantitative estimate of drug-likeness (QED) is 0.192. The van der Waals surface area contributed by atoms with Gasteiger partial charge in [0.05, 0.1) is 16.3 Å². The van der Waals surface area contributed by atoms with E-state index in [2.05, 4.69) is 20.6 Å². The van der Waals surface area contributed by atoms with E-state index >= 15 is 0 Å². The Hall–Kier alpha value is -4.25. The Labute approximate surface area is 226 Å². The molecule has 0 aliphatic heterocycles. The molecular formula is C28H30FN5O4S. The molecule has 9 nitrogen and oxygen atoms in total. The molecule has 0 fully saturated rings. The molecule has 2 aromatic heterocycles. The van der Waals surface area contributed by atoms with E-state index in [1.807, 2.05) is 29.8 Å². The largest absolute Gasteiger partial charge is 0.353 e. The van der Waals surface area contributed by atoms with Crippen LogP contribution in [0.1, 0.15) is 38.2 Å². The Morgan fingerprint density at radius 1 is 1.03 bits per heavy atom. The minimum Gasteiger partial charge on any atom is -0.353 e. The number of pyridine rings is 1. The lowest BCUT2D eigenvalue weighted by Gasteiger charge is -2.10. The number of hydrogen-bond donors (Lipinski definition) is 4. The summed E-state index contributed by atoms with van der Waals surface area (Å²) in [7, 11) is -4.04. The van der Waals surface area contributed by atoms with E-state index in [0.717, 1.165) is 40.7 Å². The summed E-state index contributed by atoms with van der Waals surface area (Å²) in [5.41, 5.74) is 3.63. The van der Waals surface area contributed by atoms with Crippen LogP contribution in [0.5, 0.6) is 0 Å². The number of unbranched alkanes of at least 4 members (excludes halogenated alkanes) is 1. The molecule has 0 aliphatic carbocycles. The van der Waals surface area contributed by atoms with Crippen LogP contribution in [0.3, 0.4) is 0 Å². The Kier molecular flexibility index (Phi) is 8.92. The molecule has 4 rings (SSSR count). The maximum absolute atomic E-state index is 14.0. The summed E-state index contributed by atoms with van der Waals surface area (Å²) < 4.78 is 40.8. The fourth-order valence-corrected chi connectivity index (χ4v) is 5.10. The molecule has 3 amide bonds. The maximum Gasteiger partial charge on any atom is 0.328 e. The first-order chi connectivity index (χ1) is 18.8. The normalized spacial score (nSPS) is 11.3. The fourth-order valence-electron chi connectivity index (χ4n) is 4.17. The predicted octanol–water partition coefficient (Wildman–Crippen LogP) is 5.12. The van der Waals surface area contributed by atoms with Crippen molar-refractivity contribution in [3.8, 4) is 11.4 Å². The van der Waals surface area contributed by atoms with Gasteiger partial charge in [-0.25, -0.2) is 22.3 Å². The number of amides is 3. The molecule has 4 N–H and O–H groups in total. The monoisotopic (exact) mass is 551 g/mol. The second-order valence-corrected chi connectivity index (χ2v) is 10.7. The van der Waals surface area contributed by atoms with Gasteiger partial charge in [-0.1, -0.05) is 19.4 Å². The molecular weight excluding hydrogens is 521 g/mol. The Balaban J connectivity index is 1.36. The molecule has 0 saturated carbocycles. The number of carbonyl (C=O) groups excluding carboxylic acids is 2. The van der Waals surface area contributed by atoms with Crippen molar-refractivity contribution >= 4 is 38.6 Å². The first-order valence-electron chi connectivity index (χ1n) is 12.7. The summed E-state index contributed by atoms with van der Waals surface area (Å²) in [5.74, 6) is -0.588. The average molecular weight is 552 g/mol. The third-order valence-corrected chi connectivity index (χ3v) is 7.46. The van der Waals surface area contributed by atoms with Gasteiger partial charge in [0.1, 0.15) is 5.82 Å². The maximum atomic E-state index is 14.0. The summed E-state index contributed by atoms with van der Waals surface area (Å²) in [6.45, 7) is 2.34. The van der Waals surface area contributed by atoms with Gasteiger partial charge in [0.2, 0.25) is 5.91 Å². The molecule has 0 saturated heterocycles. The van der Waals surface area contributed by atoms with E-state index in [1.54, 1.807) is 12.3 Å².